The molecular formula is C25H25Cl2FeN3. The fourth-order valence-electron chi connectivity index (χ4n) is 3.65. The average molecular weight is 494 g/mol. The average Bonchev–Trinajstić information content (AvgIpc) is 2.82. The van der Waals surface area contributed by atoms with Gasteiger partial charge in [-0.25, -0.2) is 0 Å². The van der Waals surface area contributed by atoms with Crippen molar-refractivity contribution >= 4 is 53.9 Å². The first-order chi connectivity index (χ1) is 15.2. The summed E-state index contributed by atoms with van der Waals surface area (Å²) in [5, 5.41) is 2.26. The Labute approximate surface area is 198 Å². The molecule has 3 nitrogen and oxygen atoms in total. The predicted molar refractivity (Wildman–Crippen MR) is 130 cm³/mol. The maximum absolute atomic E-state index is 4.89. The molecule has 0 atom stereocenters. The van der Waals surface area contributed by atoms with Gasteiger partial charge in [0.25, 0.3) is 0 Å². The molecule has 162 valence electrons. The van der Waals surface area contributed by atoms with Crippen LogP contribution < -0.4 is 0 Å². The zero-order valence-electron chi connectivity index (χ0n) is 17.6. The van der Waals surface area contributed by atoms with E-state index in [1.165, 1.54) is 11.1 Å². The van der Waals surface area contributed by atoms with Crippen molar-refractivity contribution in [3.8, 4) is 0 Å². The van der Waals surface area contributed by atoms with Crippen LogP contribution in [-0.2, 0) is 32.4 Å². The van der Waals surface area contributed by atoms with Gasteiger partial charge in [-0.3, -0.25) is 15.0 Å². The second-order valence-electron chi connectivity index (χ2n) is 7.05. The zero-order chi connectivity index (χ0) is 22.1. The summed E-state index contributed by atoms with van der Waals surface area (Å²) in [6.07, 6.45) is 7.64. The normalized spacial score (nSPS) is 11.2. The van der Waals surface area contributed by atoms with Crippen LogP contribution in [0, 0.1) is 0 Å². The summed E-state index contributed by atoms with van der Waals surface area (Å²) in [5.41, 5.74) is 6.82. The van der Waals surface area contributed by atoms with Gasteiger partial charge < -0.3 is 0 Å². The van der Waals surface area contributed by atoms with Crippen molar-refractivity contribution in [3.63, 3.8) is 0 Å². The van der Waals surface area contributed by atoms with Crippen LogP contribution in [0.5, 0.6) is 0 Å². The van der Waals surface area contributed by atoms with Crippen LogP contribution in [-0.4, -0.2) is 16.2 Å². The standard InChI is InChI=1S/C25H25N3.2ClH.Fe/c1-3-18-8-5-9-19(4-2)23(18)26-17-7-11-22-15-14-21-13-12-20-10-6-16-27-24(20)25(21)28-22;;;/h5-6,8-10,12-17H,3-4,7,11H2,1-2H3;2*1H;/q;;;+2/p-2. The monoisotopic (exact) mass is 493 g/mol. The van der Waals surface area contributed by atoms with Gasteiger partial charge in [0, 0.05) is 28.9 Å². The number of hydrogen-bond donors (Lipinski definition) is 0. The van der Waals surface area contributed by atoms with Gasteiger partial charge in [0.15, 0.2) is 0 Å². The van der Waals surface area contributed by atoms with Crippen molar-refractivity contribution < 1.29 is 13.1 Å². The zero-order valence-corrected chi connectivity index (χ0v) is 20.2. The Kier molecular flexibility index (Phi) is 9.30. The molecule has 0 unspecified atom stereocenters. The third-order valence-electron chi connectivity index (χ3n) is 5.20. The number of fused-ring (bicyclic) bond motifs is 3. The van der Waals surface area contributed by atoms with E-state index in [9.17, 15) is 0 Å². The second kappa shape index (κ2) is 12.2. The molecule has 31 heavy (non-hydrogen) atoms. The predicted octanol–water partition coefficient (Wildman–Crippen LogP) is 7.62. The fraction of sp³-hybridized carbons (Fsp3) is 0.240. The van der Waals surface area contributed by atoms with Gasteiger partial charge >= 0.3 is 33.3 Å². The molecule has 0 aliphatic rings. The number of aryl methyl sites for hydroxylation is 3. The summed E-state index contributed by atoms with van der Waals surface area (Å²) in [6.45, 7) is 4.37. The Bertz CT molecular complexity index is 1160. The van der Waals surface area contributed by atoms with E-state index in [4.69, 9.17) is 30.2 Å². The molecule has 0 N–H and O–H groups in total. The van der Waals surface area contributed by atoms with E-state index in [-0.39, 0.29) is 13.1 Å². The molecule has 0 saturated heterocycles. The molecule has 2 aromatic heterocycles. The Morgan fingerprint density at radius 1 is 0.871 bits per heavy atom. The van der Waals surface area contributed by atoms with Crippen molar-refractivity contribution in [2.45, 2.75) is 39.5 Å². The van der Waals surface area contributed by atoms with E-state index in [0.29, 0.717) is 0 Å². The number of aliphatic imine (C=N–C) groups is 1. The van der Waals surface area contributed by atoms with E-state index >= 15 is 0 Å². The Morgan fingerprint density at radius 2 is 1.52 bits per heavy atom. The van der Waals surface area contributed by atoms with Gasteiger partial charge in [-0.05, 0) is 48.9 Å². The van der Waals surface area contributed by atoms with Crippen LogP contribution in [0.2, 0.25) is 0 Å². The number of para-hydroxylation sites is 1. The van der Waals surface area contributed by atoms with Crippen LogP contribution in [0.4, 0.5) is 5.69 Å². The SMILES string of the molecule is CCc1cccc(CC)c1N=CCCc1ccc2ccc3cccnc3c2n1.[Cl][Fe][Cl]. The van der Waals surface area contributed by atoms with Gasteiger partial charge in [-0.2, -0.15) is 0 Å². The van der Waals surface area contributed by atoms with Crippen LogP contribution in [0.15, 0.2) is 65.8 Å². The summed E-state index contributed by atoms with van der Waals surface area (Å²) in [7, 11) is 9.53. The molecule has 4 rings (SSSR count). The van der Waals surface area contributed by atoms with Gasteiger partial charge in [-0.1, -0.05) is 56.3 Å². The molecule has 0 aliphatic carbocycles. The summed E-state index contributed by atoms with van der Waals surface area (Å²) >= 11 is 0.194. The minimum atomic E-state index is 0.194. The van der Waals surface area contributed by atoms with E-state index in [0.717, 1.165) is 58.9 Å². The summed E-state index contributed by atoms with van der Waals surface area (Å²) in [6, 6.07) is 19.0. The fourth-order valence-corrected chi connectivity index (χ4v) is 3.65. The molecule has 0 radical (unpaired) electrons. The van der Waals surface area contributed by atoms with Crippen LogP contribution >= 0.6 is 20.2 Å². The van der Waals surface area contributed by atoms with Crippen molar-refractivity contribution in [2.75, 3.05) is 0 Å². The Morgan fingerprint density at radius 3 is 2.19 bits per heavy atom. The molecule has 2 aromatic carbocycles. The van der Waals surface area contributed by atoms with Gasteiger partial charge in [0.05, 0.1) is 16.7 Å². The van der Waals surface area contributed by atoms with E-state index in [1.54, 1.807) is 0 Å². The Balaban J connectivity index is 0.000000858. The second-order valence-corrected chi connectivity index (χ2v) is 8.87. The van der Waals surface area contributed by atoms with E-state index < -0.39 is 0 Å². The molecule has 0 aliphatic heterocycles. The first-order valence-corrected chi connectivity index (χ1v) is 13.4. The van der Waals surface area contributed by atoms with Crippen molar-refractivity contribution in [1.29, 1.82) is 0 Å². The van der Waals surface area contributed by atoms with Crippen molar-refractivity contribution in [1.82, 2.24) is 9.97 Å². The summed E-state index contributed by atoms with van der Waals surface area (Å²) in [5.74, 6) is 0. The third kappa shape index (κ3) is 6.05. The van der Waals surface area contributed by atoms with E-state index in [1.807, 2.05) is 18.5 Å². The number of aromatic nitrogens is 2. The maximum atomic E-state index is 4.89. The van der Waals surface area contributed by atoms with Gasteiger partial charge in [0.2, 0.25) is 0 Å². The quantitative estimate of drug-likeness (QED) is 0.157. The molecular weight excluding hydrogens is 469 g/mol. The van der Waals surface area contributed by atoms with E-state index in [2.05, 4.69) is 67.4 Å². The number of benzene rings is 2. The summed E-state index contributed by atoms with van der Waals surface area (Å²) in [4.78, 5) is 14.2. The van der Waals surface area contributed by atoms with Gasteiger partial charge in [0.1, 0.15) is 0 Å². The number of halogens is 2. The molecule has 0 amide bonds. The van der Waals surface area contributed by atoms with Crippen LogP contribution in [0.25, 0.3) is 21.8 Å². The number of nitrogens with zero attached hydrogens (tertiary/aromatic N) is 3. The molecule has 0 fully saturated rings. The Hall–Kier alpha value is -1.97. The van der Waals surface area contributed by atoms with Crippen LogP contribution in [0.3, 0.4) is 0 Å². The summed E-state index contributed by atoms with van der Waals surface area (Å²) < 4.78 is 0. The van der Waals surface area contributed by atoms with Crippen molar-refractivity contribution in [3.05, 3.63) is 77.6 Å². The van der Waals surface area contributed by atoms with Gasteiger partial charge in [-0.15, -0.1) is 0 Å². The number of pyridine rings is 2. The first kappa shape index (κ1) is 23.7. The first-order valence-electron chi connectivity index (χ1n) is 10.3. The molecule has 4 aromatic rings. The molecule has 0 saturated carbocycles. The number of rotatable bonds is 6. The minimum absolute atomic E-state index is 0.194. The third-order valence-corrected chi connectivity index (χ3v) is 5.20. The molecule has 0 bridgehead atoms. The van der Waals surface area contributed by atoms with Crippen LogP contribution in [0.1, 0.15) is 37.1 Å². The van der Waals surface area contributed by atoms with Crippen molar-refractivity contribution in [2.24, 2.45) is 4.99 Å². The number of hydrogen-bond acceptors (Lipinski definition) is 3. The topological polar surface area (TPSA) is 38.1 Å². The molecule has 2 heterocycles. The molecule has 6 heteroatoms. The molecule has 0 spiro atoms.